The Hall–Kier alpha value is -2.11. The number of amides is 1. The summed E-state index contributed by atoms with van der Waals surface area (Å²) < 4.78 is 0. The van der Waals surface area contributed by atoms with Crippen molar-refractivity contribution in [2.24, 2.45) is 5.92 Å². The molecule has 0 atom stereocenters. The van der Waals surface area contributed by atoms with E-state index in [1.807, 2.05) is 12.4 Å². The first-order valence-electron chi connectivity index (χ1n) is 11.6. The molecule has 1 aromatic rings. The molecule has 1 N–H and O–H groups in total. The molecule has 4 rings (SSSR count). The Labute approximate surface area is 174 Å². The smallest absolute Gasteiger partial charge is 0.225 e. The Balaban J connectivity index is 1.20. The molecule has 2 aliphatic heterocycles. The third-order valence-corrected chi connectivity index (χ3v) is 6.62. The van der Waals surface area contributed by atoms with Crippen molar-refractivity contribution in [2.45, 2.75) is 64.2 Å². The van der Waals surface area contributed by atoms with Gasteiger partial charge in [-0.1, -0.05) is 11.6 Å². The largest absolute Gasteiger partial charge is 0.369 e. The topological polar surface area (TPSA) is 61.4 Å². The van der Waals surface area contributed by atoms with Crippen molar-refractivity contribution in [3.05, 3.63) is 24.0 Å². The van der Waals surface area contributed by atoms with Crippen LogP contribution in [0.15, 0.2) is 24.0 Å². The SMILES string of the molecule is O=C(NCCC1=CCCCC1)C1CCN(c2cnc(N3CCCCC3)nc2)CC1. The van der Waals surface area contributed by atoms with Crippen LogP contribution in [0, 0.1) is 5.92 Å². The van der Waals surface area contributed by atoms with Crippen molar-refractivity contribution >= 4 is 17.5 Å². The molecule has 1 amide bonds. The van der Waals surface area contributed by atoms with Gasteiger partial charge in [0.2, 0.25) is 11.9 Å². The number of aromatic nitrogens is 2. The second-order valence-electron chi connectivity index (χ2n) is 8.70. The Morgan fingerprint density at radius 3 is 2.41 bits per heavy atom. The second-order valence-corrected chi connectivity index (χ2v) is 8.70. The summed E-state index contributed by atoms with van der Waals surface area (Å²) in [5, 5.41) is 3.17. The molecule has 158 valence electrons. The van der Waals surface area contributed by atoms with Gasteiger partial charge >= 0.3 is 0 Å². The van der Waals surface area contributed by atoms with Crippen LogP contribution in [0.1, 0.15) is 64.2 Å². The van der Waals surface area contributed by atoms with Crippen molar-refractivity contribution < 1.29 is 4.79 Å². The van der Waals surface area contributed by atoms with E-state index >= 15 is 0 Å². The molecule has 0 spiro atoms. The number of allylic oxidation sites excluding steroid dienone is 1. The highest BCUT2D eigenvalue weighted by Crippen LogP contribution is 2.24. The highest BCUT2D eigenvalue weighted by Gasteiger charge is 2.25. The Morgan fingerprint density at radius 1 is 0.966 bits per heavy atom. The third-order valence-electron chi connectivity index (χ3n) is 6.62. The number of piperidine rings is 2. The van der Waals surface area contributed by atoms with Gasteiger partial charge in [0.1, 0.15) is 0 Å². The average Bonchev–Trinajstić information content (AvgIpc) is 2.80. The number of nitrogens with one attached hydrogen (secondary N) is 1. The summed E-state index contributed by atoms with van der Waals surface area (Å²) in [5.41, 5.74) is 2.60. The van der Waals surface area contributed by atoms with Crippen molar-refractivity contribution in [3.8, 4) is 0 Å². The monoisotopic (exact) mass is 397 g/mol. The van der Waals surface area contributed by atoms with Crippen molar-refractivity contribution in [3.63, 3.8) is 0 Å². The van der Waals surface area contributed by atoms with Gasteiger partial charge in [-0.15, -0.1) is 0 Å². The molecular weight excluding hydrogens is 362 g/mol. The summed E-state index contributed by atoms with van der Waals surface area (Å²) in [5.74, 6) is 1.23. The fraction of sp³-hybridized carbons (Fsp3) is 0.696. The Kier molecular flexibility index (Phi) is 7.01. The Morgan fingerprint density at radius 2 is 1.72 bits per heavy atom. The van der Waals surface area contributed by atoms with Gasteiger partial charge in [0.15, 0.2) is 0 Å². The maximum atomic E-state index is 12.5. The van der Waals surface area contributed by atoms with E-state index in [-0.39, 0.29) is 11.8 Å². The lowest BCUT2D eigenvalue weighted by Crippen LogP contribution is -2.41. The van der Waals surface area contributed by atoms with Crippen LogP contribution in [0.3, 0.4) is 0 Å². The van der Waals surface area contributed by atoms with Crippen LogP contribution in [0.25, 0.3) is 0 Å². The van der Waals surface area contributed by atoms with Gasteiger partial charge in [0, 0.05) is 38.6 Å². The van der Waals surface area contributed by atoms with E-state index in [2.05, 4.69) is 31.2 Å². The number of anilines is 2. The van der Waals surface area contributed by atoms with Gasteiger partial charge in [0.05, 0.1) is 18.1 Å². The number of rotatable bonds is 6. The predicted molar refractivity (Wildman–Crippen MR) is 117 cm³/mol. The molecule has 0 unspecified atom stereocenters. The third kappa shape index (κ3) is 5.49. The minimum absolute atomic E-state index is 0.139. The van der Waals surface area contributed by atoms with Crippen molar-refractivity contribution in [1.82, 2.24) is 15.3 Å². The maximum absolute atomic E-state index is 12.5. The van der Waals surface area contributed by atoms with E-state index in [1.165, 1.54) is 50.5 Å². The zero-order valence-corrected chi connectivity index (χ0v) is 17.6. The van der Waals surface area contributed by atoms with E-state index < -0.39 is 0 Å². The van der Waals surface area contributed by atoms with Crippen LogP contribution in [-0.4, -0.2) is 48.6 Å². The van der Waals surface area contributed by atoms with Gasteiger partial charge in [-0.25, -0.2) is 9.97 Å². The normalized spacial score (nSPS) is 21.0. The number of hydrogen-bond donors (Lipinski definition) is 1. The fourth-order valence-corrected chi connectivity index (χ4v) is 4.76. The molecule has 0 radical (unpaired) electrons. The second kappa shape index (κ2) is 10.1. The summed E-state index contributed by atoms with van der Waals surface area (Å²) in [4.78, 5) is 26.3. The fourth-order valence-electron chi connectivity index (χ4n) is 4.76. The predicted octanol–water partition coefficient (Wildman–Crippen LogP) is 3.69. The molecule has 0 aromatic carbocycles. The minimum Gasteiger partial charge on any atom is -0.369 e. The summed E-state index contributed by atoms with van der Waals surface area (Å²) >= 11 is 0. The highest BCUT2D eigenvalue weighted by atomic mass is 16.1. The molecule has 1 aromatic heterocycles. The zero-order valence-electron chi connectivity index (χ0n) is 17.6. The van der Waals surface area contributed by atoms with Crippen LogP contribution in [0.5, 0.6) is 0 Å². The summed E-state index contributed by atoms with van der Waals surface area (Å²) in [7, 11) is 0. The minimum atomic E-state index is 0.139. The van der Waals surface area contributed by atoms with Crippen molar-refractivity contribution in [2.75, 3.05) is 42.5 Å². The van der Waals surface area contributed by atoms with E-state index in [0.29, 0.717) is 0 Å². The van der Waals surface area contributed by atoms with Crippen molar-refractivity contribution in [1.29, 1.82) is 0 Å². The van der Waals surface area contributed by atoms with Crippen LogP contribution >= 0.6 is 0 Å². The van der Waals surface area contributed by atoms with Gasteiger partial charge in [0.25, 0.3) is 0 Å². The van der Waals surface area contributed by atoms with E-state index in [4.69, 9.17) is 0 Å². The van der Waals surface area contributed by atoms with Crippen LogP contribution in [-0.2, 0) is 4.79 Å². The summed E-state index contributed by atoms with van der Waals surface area (Å²) in [6.07, 6.45) is 17.9. The number of carbonyl (C=O) groups excluding carboxylic acids is 1. The average molecular weight is 398 g/mol. The summed E-state index contributed by atoms with van der Waals surface area (Å²) in [6, 6.07) is 0. The summed E-state index contributed by atoms with van der Waals surface area (Å²) in [6.45, 7) is 4.72. The lowest BCUT2D eigenvalue weighted by molar-refractivity contribution is -0.125. The molecule has 0 saturated carbocycles. The molecule has 1 aliphatic carbocycles. The first-order chi connectivity index (χ1) is 14.3. The molecule has 2 fully saturated rings. The molecule has 29 heavy (non-hydrogen) atoms. The highest BCUT2D eigenvalue weighted by molar-refractivity contribution is 5.79. The quantitative estimate of drug-likeness (QED) is 0.742. The van der Waals surface area contributed by atoms with Crippen LogP contribution < -0.4 is 15.1 Å². The first-order valence-corrected chi connectivity index (χ1v) is 11.6. The van der Waals surface area contributed by atoms with E-state index in [0.717, 1.165) is 63.6 Å². The lowest BCUT2D eigenvalue weighted by atomic mass is 9.95. The molecule has 2 saturated heterocycles. The molecular formula is C23H35N5O. The van der Waals surface area contributed by atoms with Gasteiger partial charge < -0.3 is 15.1 Å². The van der Waals surface area contributed by atoms with Crippen LogP contribution in [0.2, 0.25) is 0 Å². The lowest BCUT2D eigenvalue weighted by Gasteiger charge is -2.33. The van der Waals surface area contributed by atoms with E-state index in [9.17, 15) is 4.79 Å². The first kappa shape index (κ1) is 20.2. The maximum Gasteiger partial charge on any atom is 0.225 e. The standard InChI is InChI=1S/C23H35N5O/c29-22(24-12-9-19-7-3-1-4-8-19)20-10-15-27(16-11-20)21-17-25-23(26-18-21)28-13-5-2-6-14-28/h7,17-18,20H,1-6,8-16H2,(H,24,29). The molecule has 6 heteroatoms. The van der Waals surface area contributed by atoms with Crippen LogP contribution in [0.4, 0.5) is 11.6 Å². The molecule has 6 nitrogen and oxygen atoms in total. The van der Waals surface area contributed by atoms with Gasteiger partial charge in [-0.3, -0.25) is 4.79 Å². The van der Waals surface area contributed by atoms with E-state index in [1.54, 1.807) is 0 Å². The number of nitrogens with zero attached hydrogens (tertiary/aromatic N) is 4. The molecule has 0 bridgehead atoms. The van der Waals surface area contributed by atoms with Gasteiger partial charge in [-0.2, -0.15) is 0 Å². The zero-order chi connectivity index (χ0) is 19.9. The van der Waals surface area contributed by atoms with Gasteiger partial charge in [-0.05, 0) is 64.2 Å². The number of hydrogen-bond acceptors (Lipinski definition) is 5. The molecule has 3 heterocycles. The number of carbonyl (C=O) groups is 1. The Bertz CT molecular complexity index is 688. The molecule has 3 aliphatic rings.